The summed E-state index contributed by atoms with van der Waals surface area (Å²) in [5, 5.41) is 13.9. The van der Waals surface area contributed by atoms with Gasteiger partial charge in [0, 0.05) is 6.54 Å². The molecule has 8 heteroatoms. The first-order valence-corrected chi connectivity index (χ1v) is 6.51. The maximum absolute atomic E-state index is 11.6. The first kappa shape index (κ1) is 14.6. The van der Waals surface area contributed by atoms with E-state index in [2.05, 4.69) is 15.3 Å². The van der Waals surface area contributed by atoms with Gasteiger partial charge in [-0.2, -0.15) is 4.98 Å². The fraction of sp³-hybridized carbons (Fsp3) is 0.308. The third kappa shape index (κ3) is 3.85. The Kier molecular flexibility index (Phi) is 4.60. The van der Waals surface area contributed by atoms with Crippen LogP contribution in [-0.2, 0) is 6.54 Å². The van der Waals surface area contributed by atoms with Gasteiger partial charge in [-0.15, -0.1) is 0 Å². The number of nitrogens with zero attached hydrogens (tertiary/aromatic N) is 4. The Labute approximate surface area is 120 Å². The molecule has 2 aromatic heterocycles. The summed E-state index contributed by atoms with van der Waals surface area (Å²) in [4.78, 5) is 29.6. The second kappa shape index (κ2) is 6.60. The van der Waals surface area contributed by atoms with E-state index < -0.39 is 10.6 Å². The van der Waals surface area contributed by atoms with Crippen molar-refractivity contribution in [1.82, 2.24) is 14.5 Å². The van der Waals surface area contributed by atoms with Gasteiger partial charge in [-0.1, -0.05) is 13.0 Å². The van der Waals surface area contributed by atoms with Crippen molar-refractivity contribution in [3.63, 3.8) is 0 Å². The highest BCUT2D eigenvalue weighted by Gasteiger charge is 2.09. The van der Waals surface area contributed by atoms with Gasteiger partial charge >= 0.3 is 11.4 Å². The highest BCUT2D eigenvalue weighted by atomic mass is 16.6. The molecule has 0 fully saturated rings. The molecule has 0 aliphatic heterocycles. The second-order valence-corrected chi connectivity index (χ2v) is 4.42. The molecule has 2 heterocycles. The fourth-order valence-corrected chi connectivity index (χ4v) is 1.74. The van der Waals surface area contributed by atoms with Crippen molar-refractivity contribution in [2.75, 3.05) is 11.9 Å². The van der Waals surface area contributed by atoms with Crippen LogP contribution < -0.4 is 11.0 Å². The first-order chi connectivity index (χ1) is 10.1. The molecule has 0 aromatic carbocycles. The quantitative estimate of drug-likeness (QED) is 0.637. The van der Waals surface area contributed by atoms with Crippen LogP contribution in [0.1, 0.15) is 19.0 Å². The lowest BCUT2D eigenvalue weighted by Gasteiger charge is -2.07. The zero-order chi connectivity index (χ0) is 15.2. The third-order valence-corrected chi connectivity index (χ3v) is 2.75. The second-order valence-electron chi connectivity index (χ2n) is 4.42. The van der Waals surface area contributed by atoms with Crippen LogP contribution >= 0.6 is 0 Å². The molecule has 0 saturated carbocycles. The number of nitro groups is 1. The van der Waals surface area contributed by atoms with Crippen molar-refractivity contribution >= 4 is 11.5 Å². The molecule has 0 radical (unpaired) electrons. The summed E-state index contributed by atoms with van der Waals surface area (Å²) < 4.78 is 1.17. The molecule has 21 heavy (non-hydrogen) atoms. The number of nitrogens with one attached hydrogen (secondary N) is 1. The molecule has 0 saturated heterocycles. The lowest BCUT2D eigenvalue weighted by atomic mass is 10.3. The molecule has 2 rings (SSSR count). The van der Waals surface area contributed by atoms with Crippen LogP contribution in [0, 0.1) is 10.1 Å². The Bertz CT molecular complexity index is 698. The highest BCUT2D eigenvalue weighted by molar-refractivity contribution is 5.35. The van der Waals surface area contributed by atoms with Gasteiger partial charge in [-0.25, -0.2) is 9.78 Å². The minimum absolute atomic E-state index is 0.134. The molecule has 0 spiro atoms. The van der Waals surface area contributed by atoms with Gasteiger partial charge in [0.15, 0.2) is 0 Å². The zero-order valence-corrected chi connectivity index (χ0v) is 11.5. The van der Waals surface area contributed by atoms with Crippen molar-refractivity contribution < 1.29 is 4.92 Å². The van der Waals surface area contributed by atoms with Crippen LogP contribution in [0.4, 0.5) is 11.5 Å². The molecule has 0 bridgehead atoms. The molecule has 0 amide bonds. The summed E-state index contributed by atoms with van der Waals surface area (Å²) in [7, 11) is 0. The Morgan fingerprint density at radius 3 is 2.95 bits per heavy atom. The molecule has 0 unspecified atom stereocenters. The number of aromatic nitrogens is 3. The first-order valence-electron chi connectivity index (χ1n) is 6.51. The van der Waals surface area contributed by atoms with E-state index in [1.807, 2.05) is 19.1 Å². The standard InChI is InChI=1S/C13H15N5O3/c1-2-6-14-12-5-3-4-10(16-12)8-17-9-11(18(20)21)7-15-13(17)19/h3-5,7,9H,2,6,8H2,1H3,(H,14,16). The topological polar surface area (TPSA) is 103 Å². The summed E-state index contributed by atoms with van der Waals surface area (Å²) in [6, 6.07) is 5.40. The largest absolute Gasteiger partial charge is 0.370 e. The monoisotopic (exact) mass is 289 g/mol. The smallest absolute Gasteiger partial charge is 0.348 e. The zero-order valence-electron chi connectivity index (χ0n) is 11.5. The summed E-state index contributed by atoms with van der Waals surface area (Å²) in [6.07, 6.45) is 3.09. The van der Waals surface area contributed by atoms with Gasteiger partial charge < -0.3 is 5.32 Å². The molecule has 0 aliphatic rings. The molecule has 0 aliphatic carbocycles. The van der Waals surface area contributed by atoms with Crippen molar-refractivity contribution in [3.8, 4) is 0 Å². The predicted molar refractivity (Wildman–Crippen MR) is 77.3 cm³/mol. The van der Waals surface area contributed by atoms with Gasteiger partial charge in [0.05, 0.1) is 23.4 Å². The van der Waals surface area contributed by atoms with E-state index in [-0.39, 0.29) is 12.2 Å². The van der Waals surface area contributed by atoms with Crippen molar-refractivity contribution in [2.24, 2.45) is 0 Å². The van der Waals surface area contributed by atoms with Crippen LogP contribution in [0.5, 0.6) is 0 Å². The van der Waals surface area contributed by atoms with E-state index in [0.29, 0.717) is 11.5 Å². The lowest BCUT2D eigenvalue weighted by Crippen LogP contribution is -2.23. The molecule has 8 nitrogen and oxygen atoms in total. The van der Waals surface area contributed by atoms with E-state index in [0.717, 1.165) is 19.2 Å². The number of pyridine rings is 1. The van der Waals surface area contributed by atoms with Crippen LogP contribution in [0.2, 0.25) is 0 Å². The van der Waals surface area contributed by atoms with Gasteiger partial charge in [0.25, 0.3) is 0 Å². The van der Waals surface area contributed by atoms with Gasteiger partial charge in [-0.3, -0.25) is 14.7 Å². The van der Waals surface area contributed by atoms with E-state index >= 15 is 0 Å². The minimum Gasteiger partial charge on any atom is -0.370 e. The van der Waals surface area contributed by atoms with E-state index in [4.69, 9.17) is 0 Å². The maximum Gasteiger partial charge on any atom is 0.348 e. The highest BCUT2D eigenvalue weighted by Crippen LogP contribution is 2.08. The van der Waals surface area contributed by atoms with Crippen molar-refractivity contribution in [2.45, 2.75) is 19.9 Å². The van der Waals surface area contributed by atoms with Gasteiger partial charge in [0.2, 0.25) is 0 Å². The Balaban J connectivity index is 2.23. The number of rotatable bonds is 6. The summed E-state index contributed by atoms with van der Waals surface area (Å²) in [6.45, 7) is 2.98. The fourth-order valence-electron chi connectivity index (χ4n) is 1.74. The third-order valence-electron chi connectivity index (χ3n) is 2.75. The predicted octanol–water partition coefficient (Wildman–Crippen LogP) is 1.42. The molecular formula is C13H15N5O3. The van der Waals surface area contributed by atoms with Crippen LogP contribution in [-0.4, -0.2) is 26.0 Å². The van der Waals surface area contributed by atoms with Gasteiger partial charge in [-0.05, 0) is 18.6 Å². The van der Waals surface area contributed by atoms with E-state index in [1.54, 1.807) is 6.07 Å². The average Bonchev–Trinajstić information content (AvgIpc) is 2.47. The average molecular weight is 289 g/mol. The molecule has 2 aromatic rings. The lowest BCUT2D eigenvalue weighted by molar-refractivity contribution is -0.385. The molecule has 110 valence electrons. The number of hydrogen-bond acceptors (Lipinski definition) is 6. The van der Waals surface area contributed by atoms with E-state index in [1.165, 1.54) is 10.8 Å². The maximum atomic E-state index is 11.6. The van der Waals surface area contributed by atoms with E-state index in [9.17, 15) is 14.9 Å². The Hall–Kier alpha value is -2.77. The SMILES string of the molecule is CCCNc1cccc(Cn2cc([N+](=O)[O-])cnc2=O)n1. The summed E-state index contributed by atoms with van der Waals surface area (Å²) >= 11 is 0. The van der Waals surface area contributed by atoms with Crippen molar-refractivity contribution in [1.29, 1.82) is 0 Å². The van der Waals surface area contributed by atoms with Gasteiger partial charge in [0.1, 0.15) is 12.0 Å². The Morgan fingerprint density at radius 1 is 1.43 bits per heavy atom. The Morgan fingerprint density at radius 2 is 2.24 bits per heavy atom. The number of anilines is 1. The van der Waals surface area contributed by atoms with Crippen molar-refractivity contribution in [3.05, 3.63) is 56.9 Å². The summed E-state index contributed by atoms with van der Waals surface area (Å²) in [5.74, 6) is 0.709. The minimum atomic E-state index is -0.588. The molecule has 0 atom stereocenters. The molecule has 1 N–H and O–H groups in total. The van der Waals surface area contributed by atoms with Crippen LogP contribution in [0.25, 0.3) is 0 Å². The normalized spacial score (nSPS) is 10.3. The summed E-state index contributed by atoms with van der Waals surface area (Å²) in [5.41, 5.74) is -0.148. The molecular weight excluding hydrogens is 274 g/mol. The number of hydrogen-bond donors (Lipinski definition) is 1. The van der Waals surface area contributed by atoms with Crippen LogP contribution in [0.15, 0.2) is 35.4 Å². The van der Waals surface area contributed by atoms with Crippen LogP contribution in [0.3, 0.4) is 0 Å².